The number of thiazole rings is 1. The van der Waals surface area contributed by atoms with Crippen LogP contribution in [0.15, 0.2) is 64.8 Å². The Morgan fingerprint density at radius 2 is 1.52 bits per heavy atom. The summed E-state index contributed by atoms with van der Waals surface area (Å²) in [5.41, 5.74) is 6.54. The molecule has 134 valence electrons. The molecule has 4 aromatic rings. The molecule has 0 spiro atoms. The molecule has 0 amide bonds. The van der Waals surface area contributed by atoms with E-state index in [2.05, 4.69) is 41.5 Å². The van der Waals surface area contributed by atoms with Gasteiger partial charge in [-0.3, -0.25) is 4.79 Å². The van der Waals surface area contributed by atoms with Crippen molar-refractivity contribution in [3.05, 3.63) is 81.6 Å². The molecule has 0 radical (unpaired) electrons. The number of hydrogen-bond acceptors (Lipinski definition) is 4. The second-order valence-corrected chi connectivity index (χ2v) is 7.35. The highest BCUT2D eigenvalue weighted by Crippen LogP contribution is 2.30. The molecule has 0 aliphatic heterocycles. The fourth-order valence-corrected chi connectivity index (χ4v) is 4.01. The van der Waals surface area contributed by atoms with Gasteiger partial charge in [0.15, 0.2) is 0 Å². The predicted molar refractivity (Wildman–Crippen MR) is 111 cm³/mol. The summed E-state index contributed by atoms with van der Waals surface area (Å²) in [5, 5.41) is 6.98. The van der Waals surface area contributed by atoms with E-state index < -0.39 is 0 Å². The maximum atomic E-state index is 12.6. The topological polar surface area (TPSA) is 47.8 Å². The number of rotatable bonds is 3. The van der Waals surface area contributed by atoms with Crippen LogP contribution >= 0.6 is 11.3 Å². The third kappa shape index (κ3) is 3.22. The van der Waals surface area contributed by atoms with Gasteiger partial charge in [0.2, 0.25) is 0 Å². The van der Waals surface area contributed by atoms with E-state index in [4.69, 9.17) is 4.98 Å². The highest BCUT2D eigenvalue weighted by molar-refractivity contribution is 7.13. The first-order valence-electron chi connectivity index (χ1n) is 8.71. The molecule has 0 fully saturated rings. The lowest BCUT2D eigenvalue weighted by molar-refractivity contribution is 0.690. The molecule has 2 aromatic heterocycles. The Morgan fingerprint density at radius 3 is 2.22 bits per heavy atom. The van der Waals surface area contributed by atoms with Gasteiger partial charge in [0.05, 0.1) is 17.0 Å². The van der Waals surface area contributed by atoms with Crippen molar-refractivity contribution in [2.75, 3.05) is 0 Å². The van der Waals surface area contributed by atoms with E-state index in [1.165, 1.54) is 27.1 Å². The van der Waals surface area contributed by atoms with Crippen molar-refractivity contribution in [3.63, 3.8) is 0 Å². The van der Waals surface area contributed by atoms with Gasteiger partial charge in [-0.05, 0) is 30.5 Å². The van der Waals surface area contributed by atoms with Gasteiger partial charge < -0.3 is 0 Å². The number of aromatic nitrogens is 3. The molecule has 27 heavy (non-hydrogen) atoms. The molecule has 0 N–H and O–H groups in total. The molecule has 2 aromatic carbocycles. The summed E-state index contributed by atoms with van der Waals surface area (Å²) in [6.45, 7) is 3.84. The fourth-order valence-electron chi connectivity index (χ4n) is 3.09. The van der Waals surface area contributed by atoms with Gasteiger partial charge in [0, 0.05) is 18.0 Å². The summed E-state index contributed by atoms with van der Waals surface area (Å²) in [5.74, 6) is 0. The minimum atomic E-state index is -0.113. The molecule has 0 aliphatic carbocycles. The second kappa shape index (κ2) is 6.93. The lowest BCUT2D eigenvalue weighted by Gasteiger charge is -2.07. The largest absolute Gasteiger partial charge is 0.277 e. The molecule has 0 atom stereocenters. The van der Waals surface area contributed by atoms with Crippen LogP contribution in [0.25, 0.3) is 33.0 Å². The van der Waals surface area contributed by atoms with E-state index >= 15 is 0 Å². The minimum Gasteiger partial charge on any atom is -0.267 e. The fraction of sp³-hybridized carbons (Fsp3) is 0.136. The van der Waals surface area contributed by atoms with E-state index in [0.717, 1.165) is 27.5 Å². The Labute approximate surface area is 161 Å². The summed E-state index contributed by atoms with van der Waals surface area (Å²) in [4.78, 5) is 17.3. The summed E-state index contributed by atoms with van der Waals surface area (Å²) in [6, 6.07) is 18.6. The normalized spacial score (nSPS) is 10.9. The Balaban J connectivity index is 1.71. The molecule has 0 unspecified atom stereocenters. The van der Waals surface area contributed by atoms with Crippen molar-refractivity contribution < 1.29 is 0 Å². The summed E-state index contributed by atoms with van der Waals surface area (Å²) < 4.78 is 1.38. The van der Waals surface area contributed by atoms with E-state index in [-0.39, 0.29) is 5.56 Å². The number of benzene rings is 2. The average Bonchev–Trinajstić information content (AvgIpc) is 3.17. The first-order valence-corrected chi connectivity index (χ1v) is 9.59. The lowest BCUT2D eigenvalue weighted by Crippen LogP contribution is -2.23. The summed E-state index contributed by atoms with van der Waals surface area (Å²) in [6.07, 6.45) is 0. The Morgan fingerprint density at radius 1 is 0.889 bits per heavy atom. The molecule has 4 nitrogen and oxygen atoms in total. The predicted octanol–water partition coefficient (Wildman–Crippen LogP) is 4.85. The molecule has 4 rings (SSSR count). The summed E-state index contributed by atoms with van der Waals surface area (Å²) in [7, 11) is 1.68. The summed E-state index contributed by atoms with van der Waals surface area (Å²) >= 11 is 1.49. The van der Waals surface area contributed by atoms with Crippen molar-refractivity contribution >= 4 is 11.3 Å². The smallest absolute Gasteiger partial charge is 0.267 e. The van der Waals surface area contributed by atoms with Crippen LogP contribution in [0.1, 0.15) is 11.3 Å². The second-order valence-electron chi connectivity index (χ2n) is 6.50. The zero-order valence-corrected chi connectivity index (χ0v) is 16.2. The van der Waals surface area contributed by atoms with Crippen molar-refractivity contribution in [1.29, 1.82) is 0 Å². The van der Waals surface area contributed by atoms with E-state index in [1.807, 2.05) is 37.4 Å². The van der Waals surface area contributed by atoms with E-state index in [0.29, 0.717) is 5.56 Å². The molecule has 0 saturated carbocycles. The number of nitrogens with zero attached hydrogens (tertiary/aromatic N) is 3. The zero-order valence-electron chi connectivity index (χ0n) is 15.4. The van der Waals surface area contributed by atoms with Crippen molar-refractivity contribution in [2.24, 2.45) is 7.05 Å². The third-order valence-corrected chi connectivity index (χ3v) is 5.59. The van der Waals surface area contributed by atoms with Gasteiger partial charge in [-0.1, -0.05) is 54.6 Å². The van der Waals surface area contributed by atoms with Crippen LogP contribution in [0.4, 0.5) is 0 Å². The highest BCUT2D eigenvalue weighted by Gasteiger charge is 2.16. The van der Waals surface area contributed by atoms with Crippen LogP contribution in [-0.2, 0) is 7.05 Å². The molecule has 0 aliphatic rings. The van der Waals surface area contributed by atoms with Gasteiger partial charge in [0.25, 0.3) is 5.56 Å². The van der Waals surface area contributed by atoms with Crippen molar-refractivity contribution in [1.82, 2.24) is 14.8 Å². The van der Waals surface area contributed by atoms with Gasteiger partial charge in [0.1, 0.15) is 5.01 Å². The van der Waals surface area contributed by atoms with Gasteiger partial charge in [-0.2, -0.15) is 5.10 Å². The molecule has 0 saturated heterocycles. The maximum absolute atomic E-state index is 12.6. The number of aryl methyl sites for hydroxylation is 2. The minimum absolute atomic E-state index is 0.113. The highest BCUT2D eigenvalue weighted by atomic mass is 32.1. The first-order chi connectivity index (χ1) is 13.0. The van der Waals surface area contributed by atoms with Crippen LogP contribution < -0.4 is 5.56 Å². The standard InChI is InChI=1S/C22H19N3OS/c1-14-15(2)24-25(3)22(26)20(14)21-23-19(13-27-21)18-11-9-17(10-12-18)16-7-5-4-6-8-16/h4-13H,1-3H3. The molecule has 2 heterocycles. The van der Waals surface area contributed by atoms with Crippen molar-refractivity contribution in [2.45, 2.75) is 13.8 Å². The van der Waals surface area contributed by atoms with Gasteiger partial charge in [-0.25, -0.2) is 9.67 Å². The van der Waals surface area contributed by atoms with Crippen LogP contribution in [0.2, 0.25) is 0 Å². The van der Waals surface area contributed by atoms with E-state index in [1.54, 1.807) is 7.05 Å². The monoisotopic (exact) mass is 373 g/mol. The van der Waals surface area contributed by atoms with E-state index in [9.17, 15) is 4.79 Å². The Kier molecular flexibility index (Phi) is 4.46. The van der Waals surface area contributed by atoms with Crippen molar-refractivity contribution in [3.8, 4) is 33.0 Å². The molecule has 5 heteroatoms. The molecular weight excluding hydrogens is 354 g/mol. The Bertz CT molecular complexity index is 1160. The molecular formula is C22H19N3OS. The third-order valence-electron chi connectivity index (χ3n) is 4.73. The number of hydrogen-bond donors (Lipinski definition) is 0. The quantitative estimate of drug-likeness (QED) is 0.515. The van der Waals surface area contributed by atoms with Crippen LogP contribution in [-0.4, -0.2) is 14.8 Å². The van der Waals surface area contributed by atoms with Gasteiger partial charge >= 0.3 is 0 Å². The SMILES string of the molecule is Cc1nn(C)c(=O)c(-c2nc(-c3ccc(-c4ccccc4)cc3)cs2)c1C. The van der Waals surface area contributed by atoms with Crippen LogP contribution in [0, 0.1) is 13.8 Å². The van der Waals surface area contributed by atoms with Crippen LogP contribution in [0.5, 0.6) is 0 Å². The lowest BCUT2D eigenvalue weighted by atomic mass is 10.0. The van der Waals surface area contributed by atoms with Gasteiger partial charge in [-0.15, -0.1) is 11.3 Å². The maximum Gasteiger partial charge on any atom is 0.277 e. The Hall–Kier alpha value is -3.05. The first kappa shape index (κ1) is 17.4. The zero-order chi connectivity index (χ0) is 19.0. The van der Waals surface area contributed by atoms with Crippen LogP contribution in [0.3, 0.4) is 0 Å². The molecule has 0 bridgehead atoms. The average molecular weight is 373 g/mol.